The largest absolute Gasteiger partial charge is 0.300 e. The first-order valence-corrected chi connectivity index (χ1v) is 7.89. The SMILES string of the molecule is O=C(Cn1cnc(-c2ccc(Cl)cc2)cc1=O)Nc1nccs1. The molecule has 1 amide bonds. The lowest BCUT2D eigenvalue weighted by Crippen LogP contribution is -2.27. The Morgan fingerprint density at radius 1 is 1.26 bits per heavy atom. The molecule has 3 rings (SSSR count). The van der Waals surface area contributed by atoms with Gasteiger partial charge in [-0.3, -0.25) is 14.2 Å². The van der Waals surface area contributed by atoms with Gasteiger partial charge in [-0.1, -0.05) is 23.7 Å². The minimum Gasteiger partial charge on any atom is -0.300 e. The van der Waals surface area contributed by atoms with Crippen LogP contribution in [0.5, 0.6) is 0 Å². The zero-order chi connectivity index (χ0) is 16.2. The fraction of sp³-hybridized carbons (Fsp3) is 0.0667. The van der Waals surface area contributed by atoms with E-state index in [1.54, 1.807) is 35.8 Å². The topological polar surface area (TPSA) is 76.9 Å². The van der Waals surface area contributed by atoms with Gasteiger partial charge in [-0.15, -0.1) is 11.3 Å². The molecular weight excluding hydrogens is 336 g/mol. The number of hydrogen-bond donors (Lipinski definition) is 1. The molecule has 6 nitrogen and oxygen atoms in total. The van der Waals surface area contributed by atoms with Crippen LogP contribution in [0.3, 0.4) is 0 Å². The lowest BCUT2D eigenvalue weighted by Gasteiger charge is -2.06. The maximum absolute atomic E-state index is 12.1. The molecule has 2 aromatic heterocycles. The van der Waals surface area contributed by atoms with E-state index in [4.69, 9.17) is 11.6 Å². The first-order chi connectivity index (χ1) is 11.1. The number of hydrogen-bond acceptors (Lipinski definition) is 5. The maximum atomic E-state index is 12.1. The lowest BCUT2D eigenvalue weighted by atomic mass is 10.1. The molecular formula is C15H11ClN4O2S. The van der Waals surface area contributed by atoms with E-state index in [1.165, 1.54) is 28.3 Å². The molecule has 3 aromatic rings. The van der Waals surface area contributed by atoms with E-state index in [9.17, 15) is 9.59 Å². The second-order valence-electron chi connectivity index (χ2n) is 4.63. The molecule has 2 heterocycles. The molecule has 0 fully saturated rings. The van der Waals surface area contributed by atoms with Gasteiger partial charge in [0.05, 0.1) is 12.0 Å². The van der Waals surface area contributed by atoms with E-state index in [1.807, 2.05) is 0 Å². The smallest absolute Gasteiger partial charge is 0.254 e. The normalized spacial score (nSPS) is 10.5. The van der Waals surface area contributed by atoms with E-state index in [-0.39, 0.29) is 18.0 Å². The van der Waals surface area contributed by atoms with Gasteiger partial charge in [0.2, 0.25) is 5.91 Å². The van der Waals surface area contributed by atoms with Crippen molar-refractivity contribution in [2.24, 2.45) is 0 Å². The summed E-state index contributed by atoms with van der Waals surface area (Å²) in [7, 11) is 0. The zero-order valence-electron chi connectivity index (χ0n) is 11.8. The number of aromatic nitrogens is 3. The Kier molecular flexibility index (Phi) is 4.50. The zero-order valence-corrected chi connectivity index (χ0v) is 13.3. The molecule has 8 heteroatoms. The van der Waals surface area contributed by atoms with E-state index < -0.39 is 0 Å². The molecule has 116 valence electrons. The third-order valence-corrected chi connectivity index (χ3v) is 3.95. The van der Waals surface area contributed by atoms with Crippen molar-refractivity contribution in [1.82, 2.24) is 14.5 Å². The summed E-state index contributed by atoms with van der Waals surface area (Å²) in [6.07, 6.45) is 2.95. The summed E-state index contributed by atoms with van der Waals surface area (Å²) < 4.78 is 1.24. The Hall–Kier alpha value is -2.51. The van der Waals surface area contributed by atoms with Crippen LogP contribution in [0.2, 0.25) is 5.02 Å². The van der Waals surface area contributed by atoms with Crippen molar-refractivity contribution in [3.8, 4) is 11.3 Å². The number of benzene rings is 1. The summed E-state index contributed by atoms with van der Waals surface area (Å²) in [5.41, 5.74) is 1.01. The number of rotatable bonds is 4. The van der Waals surface area contributed by atoms with Crippen LogP contribution < -0.4 is 10.9 Å². The van der Waals surface area contributed by atoms with Crippen molar-refractivity contribution in [3.63, 3.8) is 0 Å². The predicted octanol–water partition coefficient (Wildman–Crippen LogP) is 2.66. The number of carbonyl (C=O) groups excluding carboxylic acids is 1. The molecule has 0 radical (unpaired) electrons. The first kappa shape index (κ1) is 15.4. The molecule has 0 atom stereocenters. The highest BCUT2D eigenvalue weighted by molar-refractivity contribution is 7.13. The molecule has 0 aliphatic carbocycles. The Balaban J connectivity index is 1.75. The minimum atomic E-state index is -0.330. The average Bonchev–Trinajstić information content (AvgIpc) is 3.03. The molecule has 0 saturated heterocycles. The molecule has 1 N–H and O–H groups in total. The summed E-state index contributed by atoms with van der Waals surface area (Å²) in [6.45, 7) is -0.119. The van der Waals surface area contributed by atoms with Gasteiger partial charge in [0.1, 0.15) is 6.54 Å². The Labute approximate surface area is 140 Å². The van der Waals surface area contributed by atoms with E-state index >= 15 is 0 Å². The van der Waals surface area contributed by atoms with Crippen molar-refractivity contribution in [3.05, 3.63) is 63.6 Å². The van der Waals surface area contributed by atoms with Crippen LogP contribution in [-0.2, 0) is 11.3 Å². The van der Waals surface area contributed by atoms with Gasteiger partial charge in [-0.05, 0) is 12.1 Å². The fourth-order valence-electron chi connectivity index (χ4n) is 1.92. The third kappa shape index (κ3) is 3.82. The first-order valence-electron chi connectivity index (χ1n) is 6.63. The van der Waals surface area contributed by atoms with Crippen molar-refractivity contribution >= 4 is 34.0 Å². The summed E-state index contributed by atoms with van der Waals surface area (Å²) >= 11 is 7.15. The molecule has 0 unspecified atom stereocenters. The molecule has 0 aliphatic rings. The van der Waals surface area contributed by atoms with Crippen LogP contribution in [0.1, 0.15) is 0 Å². The average molecular weight is 347 g/mol. The van der Waals surface area contributed by atoms with Crippen LogP contribution in [0.15, 0.2) is 53.0 Å². The number of nitrogens with one attached hydrogen (secondary N) is 1. The van der Waals surface area contributed by atoms with Crippen LogP contribution in [0.25, 0.3) is 11.3 Å². The number of thiazole rings is 1. The number of carbonyl (C=O) groups is 1. The Morgan fingerprint density at radius 3 is 2.70 bits per heavy atom. The van der Waals surface area contributed by atoms with Crippen molar-refractivity contribution < 1.29 is 4.79 Å². The standard InChI is InChI=1S/C15H11ClN4O2S/c16-11-3-1-10(2-4-11)12-7-14(22)20(9-18-12)8-13(21)19-15-17-5-6-23-15/h1-7,9H,8H2,(H,17,19,21). The van der Waals surface area contributed by atoms with Crippen LogP contribution >= 0.6 is 22.9 Å². The maximum Gasteiger partial charge on any atom is 0.254 e. The summed E-state index contributed by atoms with van der Waals surface area (Å²) in [4.78, 5) is 32.2. The highest BCUT2D eigenvalue weighted by Gasteiger charge is 2.08. The summed E-state index contributed by atoms with van der Waals surface area (Å²) in [6, 6.07) is 8.41. The van der Waals surface area contributed by atoms with Gasteiger partial charge in [0, 0.05) is 28.2 Å². The van der Waals surface area contributed by atoms with Gasteiger partial charge >= 0.3 is 0 Å². The van der Waals surface area contributed by atoms with E-state index in [0.29, 0.717) is 15.8 Å². The van der Waals surface area contributed by atoms with Gasteiger partial charge in [0.15, 0.2) is 5.13 Å². The predicted molar refractivity (Wildman–Crippen MR) is 89.7 cm³/mol. The van der Waals surface area contributed by atoms with Gasteiger partial charge < -0.3 is 5.32 Å². The highest BCUT2D eigenvalue weighted by Crippen LogP contribution is 2.18. The summed E-state index contributed by atoms with van der Waals surface area (Å²) in [5, 5.41) is 5.48. The van der Waals surface area contributed by atoms with E-state index in [0.717, 1.165) is 5.56 Å². The van der Waals surface area contributed by atoms with Crippen LogP contribution in [0.4, 0.5) is 5.13 Å². The second-order valence-corrected chi connectivity index (χ2v) is 5.96. The number of anilines is 1. The molecule has 1 aromatic carbocycles. The Bertz CT molecular complexity index is 875. The van der Waals surface area contributed by atoms with Crippen molar-refractivity contribution in [2.45, 2.75) is 6.54 Å². The van der Waals surface area contributed by atoms with Crippen LogP contribution in [0, 0.1) is 0 Å². The molecule has 0 aliphatic heterocycles. The fourth-order valence-corrected chi connectivity index (χ4v) is 2.59. The van der Waals surface area contributed by atoms with Crippen LogP contribution in [-0.4, -0.2) is 20.4 Å². The molecule has 0 saturated carbocycles. The minimum absolute atomic E-state index is 0.119. The monoisotopic (exact) mass is 346 g/mol. The van der Waals surface area contributed by atoms with Gasteiger partial charge in [-0.25, -0.2) is 9.97 Å². The Morgan fingerprint density at radius 2 is 2.04 bits per heavy atom. The summed E-state index contributed by atoms with van der Waals surface area (Å²) in [5.74, 6) is -0.330. The molecule has 0 spiro atoms. The lowest BCUT2D eigenvalue weighted by molar-refractivity contribution is -0.116. The van der Waals surface area contributed by atoms with Gasteiger partial charge in [0.25, 0.3) is 5.56 Å². The third-order valence-electron chi connectivity index (χ3n) is 3.01. The van der Waals surface area contributed by atoms with E-state index in [2.05, 4.69) is 15.3 Å². The number of halogens is 1. The second kappa shape index (κ2) is 6.72. The highest BCUT2D eigenvalue weighted by atomic mass is 35.5. The van der Waals surface area contributed by atoms with Crippen molar-refractivity contribution in [1.29, 1.82) is 0 Å². The molecule has 0 bridgehead atoms. The quantitative estimate of drug-likeness (QED) is 0.788. The van der Waals surface area contributed by atoms with Gasteiger partial charge in [-0.2, -0.15) is 0 Å². The number of nitrogens with zero attached hydrogens (tertiary/aromatic N) is 3. The number of amides is 1. The molecule has 23 heavy (non-hydrogen) atoms. The van der Waals surface area contributed by atoms with Crippen molar-refractivity contribution in [2.75, 3.05) is 5.32 Å².